The summed E-state index contributed by atoms with van der Waals surface area (Å²) < 4.78 is 6.03. The van der Waals surface area contributed by atoms with E-state index >= 15 is 0 Å². The van der Waals surface area contributed by atoms with Crippen molar-refractivity contribution in [2.24, 2.45) is 0 Å². The Morgan fingerprint density at radius 3 is 2.89 bits per heavy atom. The first-order valence-electron chi connectivity index (χ1n) is 5.65. The Kier molecular flexibility index (Phi) is 4.79. The summed E-state index contributed by atoms with van der Waals surface area (Å²) in [6, 6.07) is 0. The van der Waals surface area contributed by atoms with E-state index in [1.165, 1.54) is 23.1 Å². The van der Waals surface area contributed by atoms with Crippen LogP contribution in [0, 0.1) is 0 Å². The van der Waals surface area contributed by atoms with E-state index in [1.54, 1.807) is 7.11 Å². The van der Waals surface area contributed by atoms with Gasteiger partial charge in [-0.2, -0.15) is 0 Å². The predicted octanol–water partition coefficient (Wildman–Crippen LogP) is 1.33. The van der Waals surface area contributed by atoms with Crippen LogP contribution in [0.3, 0.4) is 0 Å². The maximum atomic E-state index is 10.5. The number of aliphatic carboxylic acids is 1. The highest BCUT2D eigenvalue weighted by atomic mass is 32.2. The second kappa shape index (κ2) is 6.35. The summed E-state index contributed by atoms with van der Waals surface area (Å²) in [6.07, 6.45) is 2.33. The number of piperidine rings is 1. The molecule has 1 aromatic heterocycles. The molecule has 0 radical (unpaired) electrons. The summed E-state index contributed by atoms with van der Waals surface area (Å²) in [7, 11) is 1.74. The van der Waals surface area contributed by atoms with Gasteiger partial charge in [-0.1, -0.05) is 23.1 Å². The Bertz CT molecular complexity index is 405. The van der Waals surface area contributed by atoms with E-state index in [-0.39, 0.29) is 5.75 Å². The molecule has 0 saturated carbocycles. The van der Waals surface area contributed by atoms with Crippen LogP contribution in [0.5, 0.6) is 0 Å². The quantitative estimate of drug-likeness (QED) is 0.819. The van der Waals surface area contributed by atoms with Gasteiger partial charge in [0.15, 0.2) is 4.34 Å². The summed E-state index contributed by atoms with van der Waals surface area (Å²) in [4.78, 5) is 12.6. The van der Waals surface area contributed by atoms with Crippen molar-refractivity contribution in [1.82, 2.24) is 10.2 Å². The molecule has 0 amide bonds. The summed E-state index contributed by atoms with van der Waals surface area (Å²) in [6.45, 7) is 1.83. The number of hydrogen-bond acceptors (Lipinski definition) is 7. The fourth-order valence-electron chi connectivity index (χ4n) is 1.79. The van der Waals surface area contributed by atoms with E-state index in [0.29, 0.717) is 10.4 Å². The minimum Gasteiger partial charge on any atom is -0.481 e. The zero-order chi connectivity index (χ0) is 13.0. The van der Waals surface area contributed by atoms with Gasteiger partial charge < -0.3 is 14.7 Å². The zero-order valence-electron chi connectivity index (χ0n) is 10.0. The molecule has 8 heteroatoms. The number of hydrogen-bond donors (Lipinski definition) is 1. The number of aromatic nitrogens is 2. The zero-order valence-corrected chi connectivity index (χ0v) is 11.7. The molecule has 0 unspecified atom stereocenters. The van der Waals surface area contributed by atoms with E-state index in [1.807, 2.05) is 0 Å². The highest BCUT2D eigenvalue weighted by molar-refractivity contribution is 8.01. The number of methoxy groups -OCH3 is 1. The van der Waals surface area contributed by atoms with Gasteiger partial charge in [0.25, 0.3) is 0 Å². The van der Waals surface area contributed by atoms with E-state index < -0.39 is 5.97 Å². The molecule has 1 saturated heterocycles. The average Bonchev–Trinajstić information content (AvgIpc) is 2.85. The maximum Gasteiger partial charge on any atom is 0.313 e. The van der Waals surface area contributed by atoms with E-state index in [9.17, 15) is 4.79 Å². The number of rotatable bonds is 5. The van der Waals surface area contributed by atoms with Crippen molar-refractivity contribution in [2.75, 3.05) is 30.9 Å². The Labute approximate surface area is 113 Å². The van der Waals surface area contributed by atoms with Crippen molar-refractivity contribution < 1.29 is 14.6 Å². The number of ether oxygens (including phenoxy) is 1. The standard InChI is InChI=1S/C10H15N3O3S2/c1-16-7-2-4-13(5-3-7)9-11-12-10(18-9)17-6-8(14)15/h7H,2-6H2,1H3,(H,14,15). The van der Waals surface area contributed by atoms with Crippen molar-refractivity contribution in [2.45, 2.75) is 23.3 Å². The lowest BCUT2D eigenvalue weighted by atomic mass is 10.1. The lowest BCUT2D eigenvalue weighted by molar-refractivity contribution is -0.133. The van der Waals surface area contributed by atoms with Gasteiger partial charge in [0.05, 0.1) is 11.9 Å². The molecule has 0 bridgehead atoms. The predicted molar refractivity (Wildman–Crippen MR) is 70.5 cm³/mol. The molecule has 18 heavy (non-hydrogen) atoms. The van der Waals surface area contributed by atoms with Crippen molar-refractivity contribution >= 4 is 34.2 Å². The van der Waals surface area contributed by atoms with Crippen LogP contribution in [0.1, 0.15) is 12.8 Å². The van der Waals surface area contributed by atoms with Gasteiger partial charge in [0.1, 0.15) is 0 Å². The molecule has 2 rings (SSSR count). The van der Waals surface area contributed by atoms with Crippen LogP contribution >= 0.6 is 23.1 Å². The summed E-state index contributed by atoms with van der Waals surface area (Å²) >= 11 is 2.67. The summed E-state index contributed by atoms with van der Waals surface area (Å²) in [5, 5.41) is 17.6. The van der Waals surface area contributed by atoms with Crippen LogP contribution in [0.4, 0.5) is 5.13 Å². The first kappa shape index (κ1) is 13.6. The molecule has 2 heterocycles. The summed E-state index contributed by atoms with van der Waals surface area (Å²) in [5.74, 6) is -0.807. The molecule has 100 valence electrons. The highest BCUT2D eigenvalue weighted by Crippen LogP contribution is 2.29. The molecular formula is C10H15N3O3S2. The average molecular weight is 289 g/mol. The second-order valence-corrected chi connectivity index (χ2v) is 6.13. The molecule has 1 aliphatic rings. The lowest BCUT2D eigenvalue weighted by Crippen LogP contribution is -2.36. The second-order valence-electron chi connectivity index (χ2n) is 3.96. The third-order valence-electron chi connectivity index (χ3n) is 2.76. The van der Waals surface area contributed by atoms with Crippen molar-refractivity contribution in [3.05, 3.63) is 0 Å². The van der Waals surface area contributed by atoms with Gasteiger partial charge in [-0.3, -0.25) is 4.79 Å². The van der Waals surface area contributed by atoms with Gasteiger partial charge in [-0.05, 0) is 12.8 Å². The summed E-state index contributed by atoms with van der Waals surface area (Å²) in [5.41, 5.74) is 0. The Hall–Kier alpha value is -0.860. The largest absolute Gasteiger partial charge is 0.481 e. The van der Waals surface area contributed by atoms with Crippen LogP contribution in [0.15, 0.2) is 4.34 Å². The van der Waals surface area contributed by atoms with Crippen LogP contribution in [-0.2, 0) is 9.53 Å². The fraction of sp³-hybridized carbons (Fsp3) is 0.700. The van der Waals surface area contributed by atoms with Gasteiger partial charge in [0.2, 0.25) is 5.13 Å². The van der Waals surface area contributed by atoms with Crippen LogP contribution < -0.4 is 4.90 Å². The minimum atomic E-state index is -0.836. The number of anilines is 1. The SMILES string of the molecule is COC1CCN(c2nnc(SCC(=O)O)s2)CC1. The Morgan fingerprint density at radius 2 is 2.28 bits per heavy atom. The molecule has 1 fully saturated rings. The number of carboxylic acids is 1. The van der Waals surface area contributed by atoms with Gasteiger partial charge >= 0.3 is 5.97 Å². The topological polar surface area (TPSA) is 75.5 Å². The van der Waals surface area contributed by atoms with Crippen molar-refractivity contribution in [3.63, 3.8) is 0 Å². The lowest BCUT2D eigenvalue weighted by Gasteiger charge is -2.30. The van der Waals surface area contributed by atoms with Crippen LogP contribution in [0.25, 0.3) is 0 Å². The van der Waals surface area contributed by atoms with Gasteiger partial charge in [-0.15, -0.1) is 10.2 Å². The number of thioether (sulfide) groups is 1. The van der Waals surface area contributed by atoms with Crippen molar-refractivity contribution in [1.29, 1.82) is 0 Å². The molecule has 0 aromatic carbocycles. The smallest absolute Gasteiger partial charge is 0.313 e. The Morgan fingerprint density at radius 1 is 1.56 bits per heavy atom. The number of nitrogens with zero attached hydrogens (tertiary/aromatic N) is 3. The molecule has 6 nitrogen and oxygen atoms in total. The molecule has 1 aliphatic heterocycles. The third-order valence-corrected chi connectivity index (χ3v) is 4.86. The van der Waals surface area contributed by atoms with E-state index in [2.05, 4.69) is 15.1 Å². The minimum absolute atomic E-state index is 0.0282. The third kappa shape index (κ3) is 3.56. The first-order chi connectivity index (χ1) is 8.69. The monoisotopic (exact) mass is 289 g/mol. The Balaban J connectivity index is 1.88. The van der Waals surface area contributed by atoms with Crippen molar-refractivity contribution in [3.8, 4) is 0 Å². The van der Waals surface area contributed by atoms with Gasteiger partial charge in [0, 0.05) is 20.2 Å². The number of carboxylic acid groups (broad SMARTS) is 1. The van der Waals surface area contributed by atoms with Gasteiger partial charge in [-0.25, -0.2) is 0 Å². The molecule has 0 atom stereocenters. The molecule has 0 spiro atoms. The van der Waals surface area contributed by atoms with E-state index in [0.717, 1.165) is 31.1 Å². The molecular weight excluding hydrogens is 274 g/mol. The first-order valence-corrected chi connectivity index (χ1v) is 7.45. The normalized spacial score (nSPS) is 17.1. The fourth-order valence-corrected chi connectivity index (χ4v) is 3.41. The highest BCUT2D eigenvalue weighted by Gasteiger charge is 2.21. The van der Waals surface area contributed by atoms with Crippen LogP contribution in [0.2, 0.25) is 0 Å². The van der Waals surface area contributed by atoms with Crippen LogP contribution in [-0.4, -0.2) is 53.3 Å². The van der Waals surface area contributed by atoms with E-state index in [4.69, 9.17) is 9.84 Å². The maximum absolute atomic E-state index is 10.5. The molecule has 1 aromatic rings. The number of carbonyl (C=O) groups is 1. The molecule has 0 aliphatic carbocycles. The molecule has 1 N–H and O–H groups in total.